The van der Waals surface area contributed by atoms with Crippen LogP contribution in [0.1, 0.15) is 23.9 Å². The number of pyridine rings is 1. The van der Waals surface area contributed by atoms with Crippen LogP contribution < -0.4 is 5.32 Å². The number of anilines is 1. The maximum Gasteiger partial charge on any atom is 0.322 e. The van der Waals surface area contributed by atoms with Gasteiger partial charge in [0, 0.05) is 40.7 Å². The number of hydrogen-bond acceptors (Lipinski definition) is 4. The number of carbonyl (C=O) groups is 1. The highest BCUT2D eigenvalue weighted by Gasteiger charge is 2.32. The molecule has 1 unspecified atom stereocenters. The van der Waals surface area contributed by atoms with Crippen LogP contribution in [0.4, 0.5) is 10.5 Å². The van der Waals surface area contributed by atoms with E-state index in [4.69, 9.17) is 4.98 Å². The topological polar surface area (TPSA) is 58.1 Å². The van der Waals surface area contributed by atoms with Crippen LogP contribution in [0, 0.1) is 0 Å². The van der Waals surface area contributed by atoms with E-state index < -0.39 is 0 Å². The summed E-state index contributed by atoms with van der Waals surface area (Å²) in [7, 11) is 0. The number of likely N-dealkylation sites (tertiary alicyclic amines) is 1. The van der Waals surface area contributed by atoms with Crippen molar-refractivity contribution in [3.05, 3.63) is 77.4 Å². The van der Waals surface area contributed by atoms with Crippen LogP contribution in [-0.2, 0) is 0 Å². The van der Waals surface area contributed by atoms with Crippen LogP contribution >= 0.6 is 11.3 Å². The molecule has 0 radical (unpaired) electrons. The highest BCUT2D eigenvalue weighted by atomic mass is 32.1. The van der Waals surface area contributed by atoms with Crippen LogP contribution in [0.2, 0.25) is 0 Å². The predicted octanol–water partition coefficient (Wildman–Crippen LogP) is 5.73. The Morgan fingerprint density at radius 1 is 1.10 bits per heavy atom. The number of nitrogens with one attached hydrogen (secondary N) is 1. The van der Waals surface area contributed by atoms with Gasteiger partial charge in [-0.1, -0.05) is 42.5 Å². The van der Waals surface area contributed by atoms with Gasteiger partial charge in [0.15, 0.2) is 0 Å². The first-order valence-corrected chi connectivity index (χ1v) is 10.6. The van der Waals surface area contributed by atoms with Crippen molar-refractivity contribution in [2.75, 3.05) is 11.9 Å². The summed E-state index contributed by atoms with van der Waals surface area (Å²) in [5, 5.41) is 8.18. The summed E-state index contributed by atoms with van der Waals surface area (Å²) < 4.78 is 0. The lowest BCUT2D eigenvalue weighted by atomic mass is 10.1. The maximum atomic E-state index is 13.1. The molecule has 5 rings (SSSR count). The number of rotatable bonds is 3. The SMILES string of the molecule is O=C(Nc1cccc2cnccc12)N1CCCC1c1nc(-c2ccccc2)cs1. The molecule has 2 amide bonds. The molecule has 0 aliphatic carbocycles. The Kier molecular flexibility index (Phi) is 4.69. The number of fused-ring (bicyclic) bond motifs is 1. The third kappa shape index (κ3) is 3.47. The van der Waals surface area contributed by atoms with Gasteiger partial charge < -0.3 is 10.2 Å². The minimum atomic E-state index is -0.0757. The lowest BCUT2D eigenvalue weighted by Crippen LogP contribution is -2.34. The molecule has 5 nitrogen and oxygen atoms in total. The fourth-order valence-electron chi connectivity index (χ4n) is 3.87. The van der Waals surface area contributed by atoms with Crippen molar-refractivity contribution in [1.29, 1.82) is 0 Å². The van der Waals surface area contributed by atoms with Gasteiger partial charge in [0.05, 0.1) is 17.4 Å². The zero-order valence-corrected chi connectivity index (χ0v) is 16.6. The normalized spacial score (nSPS) is 16.3. The van der Waals surface area contributed by atoms with Crippen molar-refractivity contribution < 1.29 is 4.79 Å². The van der Waals surface area contributed by atoms with Crippen LogP contribution in [0.15, 0.2) is 72.4 Å². The van der Waals surface area contributed by atoms with Gasteiger partial charge in [-0.05, 0) is 25.0 Å². The average Bonchev–Trinajstić information content (AvgIpc) is 3.44. The molecule has 1 aliphatic rings. The van der Waals surface area contributed by atoms with E-state index in [1.807, 2.05) is 53.6 Å². The third-order valence-electron chi connectivity index (χ3n) is 5.31. The van der Waals surface area contributed by atoms with E-state index in [9.17, 15) is 4.79 Å². The van der Waals surface area contributed by atoms with E-state index in [0.717, 1.165) is 52.1 Å². The van der Waals surface area contributed by atoms with Crippen molar-refractivity contribution in [2.45, 2.75) is 18.9 Å². The average molecular weight is 401 g/mol. The first kappa shape index (κ1) is 17.8. The van der Waals surface area contributed by atoms with Gasteiger partial charge in [-0.3, -0.25) is 4.98 Å². The summed E-state index contributed by atoms with van der Waals surface area (Å²) in [5.74, 6) is 0. The van der Waals surface area contributed by atoms with E-state index >= 15 is 0 Å². The van der Waals surface area contributed by atoms with Gasteiger partial charge in [0.25, 0.3) is 0 Å². The molecule has 1 fully saturated rings. The summed E-state index contributed by atoms with van der Waals surface area (Å²) in [4.78, 5) is 24.0. The number of benzene rings is 2. The second-order valence-electron chi connectivity index (χ2n) is 7.12. The molecule has 6 heteroatoms. The summed E-state index contributed by atoms with van der Waals surface area (Å²) in [5.41, 5.74) is 2.89. The minimum absolute atomic E-state index is 0.0223. The molecule has 1 atom stereocenters. The van der Waals surface area contributed by atoms with Crippen LogP contribution in [0.5, 0.6) is 0 Å². The fourth-order valence-corrected chi connectivity index (χ4v) is 4.84. The lowest BCUT2D eigenvalue weighted by molar-refractivity contribution is 0.207. The van der Waals surface area contributed by atoms with Gasteiger partial charge in [-0.25, -0.2) is 9.78 Å². The number of thiazole rings is 1. The molecule has 0 spiro atoms. The Hall–Kier alpha value is -3.25. The Morgan fingerprint density at radius 2 is 2.00 bits per heavy atom. The molecule has 4 aromatic rings. The molecule has 2 aromatic carbocycles. The van der Waals surface area contributed by atoms with Crippen LogP contribution in [-0.4, -0.2) is 27.4 Å². The van der Waals surface area contributed by atoms with Crippen molar-refractivity contribution in [3.63, 3.8) is 0 Å². The van der Waals surface area contributed by atoms with Gasteiger partial charge in [-0.15, -0.1) is 11.3 Å². The van der Waals surface area contributed by atoms with Gasteiger partial charge in [0.2, 0.25) is 0 Å². The molecule has 2 aromatic heterocycles. The molecule has 1 N–H and O–H groups in total. The van der Waals surface area contributed by atoms with Gasteiger partial charge >= 0.3 is 6.03 Å². The van der Waals surface area contributed by atoms with E-state index in [1.165, 1.54) is 0 Å². The molecule has 29 heavy (non-hydrogen) atoms. The van der Waals surface area contributed by atoms with E-state index in [1.54, 1.807) is 17.5 Å². The summed E-state index contributed by atoms with van der Waals surface area (Å²) in [6.45, 7) is 0.739. The summed E-state index contributed by atoms with van der Waals surface area (Å²) in [6.07, 6.45) is 5.48. The Bertz CT molecular complexity index is 1150. The number of carbonyl (C=O) groups excluding carboxylic acids is 1. The predicted molar refractivity (Wildman–Crippen MR) is 117 cm³/mol. The number of amides is 2. The van der Waals surface area contributed by atoms with E-state index in [2.05, 4.69) is 27.8 Å². The highest BCUT2D eigenvalue weighted by Crippen LogP contribution is 2.36. The number of aromatic nitrogens is 2. The van der Waals surface area contributed by atoms with Gasteiger partial charge in [-0.2, -0.15) is 0 Å². The molecular formula is C23H20N4OS. The zero-order chi connectivity index (χ0) is 19.6. The van der Waals surface area contributed by atoms with Crippen molar-refractivity contribution in [3.8, 4) is 11.3 Å². The Labute approximate surface area is 173 Å². The molecule has 1 aliphatic heterocycles. The van der Waals surface area contributed by atoms with E-state index in [0.29, 0.717) is 0 Å². The van der Waals surface area contributed by atoms with Gasteiger partial charge in [0.1, 0.15) is 5.01 Å². The maximum absolute atomic E-state index is 13.1. The van der Waals surface area contributed by atoms with E-state index in [-0.39, 0.29) is 12.1 Å². The number of hydrogen-bond donors (Lipinski definition) is 1. The minimum Gasteiger partial charge on any atom is -0.315 e. The molecule has 0 bridgehead atoms. The molecule has 3 heterocycles. The second-order valence-corrected chi connectivity index (χ2v) is 8.01. The molecule has 144 valence electrons. The lowest BCUT2D eigenvalue weighted by Gasteiger charge is -2.24. The van der Waals surface area contributed by atoms with Crippen molar-refractivity contribution in [2.24, 2.45) is 0 Å². The highest BCUT2D eigenvalue weighted by molar-refractivity contribution is 7.10. The van der Waals surface area contributed by atoms with Crippen LogP contribution in [0.25, 0.3) is 22.0 Å². The number of nitrogens with zero attached hydrogens (tertiary/aromatic N) is 3. The number of urea groups is 1. The third-order valence-corrected chi connectivity index (χ3v) is 6.26. The summed E-state index contributed by atoms with van der Waals surface area (Å²) in [6, 6.07) is 17.9. The quantitative estimate of drug-likeness (QED) is 0.478. The Balaban J connectivity index is 1.38. The molecule has 0 saturated carbocycles. The molecular weight excluding hydrogens is 380 g/mol. The zero-order valence-electron chi connectivity index (χ0n) is 15.8. The Morgan fingerprint density at radius 3 is 2.90 bits per heavy atom. The fraction of sp³-hybridized carbons (Fsp3) is 0.174. The first-order chi connectivity index (χ1) is 14.3. The monoisotopic (exact) mass is 400 g/mol. The first-order valence-electron chi connectivity index (χ1n) is 9.71. The van der Waals surface area contributed by atoms with Crippen molar-refractivity contribution >= 4 is 33.8 Å². The summed E-state index contributed by atoms with van der Waals surface area (Å²) >= 11 is 1.63. The molecule has 1 saturated heterocycles. The van der Waals surface area contributed by atoms with Crippen molar-refractivity contribution in [1.82, 2.24) is 14.9 Å². The van der Waals surface area contributed by atoms with Crippen LogP contribution in [0.3, 0.4) is 0 Å². The smallest absolute Gasteiger partial charge is 0.315 e. The second kappa shape index (κ2) is 7.64. The standard InChI is InChI=1S/C23H20N4OS/c28-23(26-19-9-4-8-17-14-24-12-11-18(17)19)27-13-5-10-21(27)22-25-20(15-29-22)16-6-2-1-3-7-16/h1-4,6-9,11-12,14-15,21H,5,10,13H2,(H,26,28). The largest absolute Gasteiger partial charge is 0.322 e.